The molecule has 0 bridgehead atoms. The van der Waals surface area contributed by atoms with E-state index in [0.717, 1.165) is 12.1 Å². The number of nitrogens with zero attached hydrogens (tertiary/aromatic N) is 3. The second-order valence-corrected chi connectivity index (χ2v) is 5.93. The molecule has 2 aliphatic rings. The third-order valence-corrected chi connectivity index (χ3v) is 4.31. The number of aromatic nitrogens is 2. The van der Waals surface area contributed by atoms with Crippen LogP contribution in [-0.4, -0.2) is 35.4 Å². The summed E-state index contributed by atoms with van der Waals surface area (Å²) in [5, 5.41) is 0. The third-order valence-electron chi connectivity index (χ3n) is 4.31. The van der Waals surface area contributed by atoms with Gasteiger partial charge in [0.15, 0.2) is 17.5 Å². The van der Waals surface area contributed by atoms with Crippen molar-refractivity contribution in [3.05, 3.63) is 51.7 Å². The zero-order valence-electron chi connectivity index (χ0n) is 13.0. The van der Waals surface area contributed by atoms with Gasteiger partial charge < -0.3 is 14.4 Å². The van der Waals surface area contributed by atoms with Gasteiger partial charge in [-0.15, -0.1) is 0 Å². The van der Waals surface area contributed by atoms with Crippen LogP contribution in [0.1, 0.15) is 5.56 Å². The Labute approximate surface area is 140 Å². The van der Waals surface area contributed by atoms with E-state index in [4.69, 9.17) is 9.47 Å². The first-order valence-electron chi connectivity index (χ1n) is 7.75. The van der Waals surface area contributed by atoms with Gasteiger partial charge in [-0.1, -0.05) is 0 Å². The molecule has 0 spiro atoms. The first-order chi connectivity index (χ1) is 12.0. The fourth-order valence-corrected chi connectivity index (χ4v) is 3.12. The lowest BCUT2D eigenvalue weighted by Crippen LogP contribution is -2.43. The molecule has 1 aromatic heterocycles. The first-order valence-corrected chi connectivity index (χ1v) is 7.75. The van der Waals surface area contributed by atoms with Crippen molar-refractivity contribution in [3.63, 3.8) is 0 Å². The molecular weight excluding hydrogens is 339 g/mol. The lowest BCUT2D eigenvalue weighted by molar-refractivity contribution is 0.0956. The van der Waals surface area contributed by atoms with Gasteiger partial charge in [-0.3, -0.25) is 4.57 Å². The number of halogens is 3. The van der Waals surface area contributed by atoms with Gasteiger partial charge in [0.2, 0.25) is 5.88 Å². The number of anilines is 1. The predicted octanol–water partition coefficient (Wildman–Crippen LogP) is 1.46. The summed E-state index contributed by atoms with van der Waals surface area (Å²) in [6.45, 7) is 2.01. The van der Waals surface area contributed by atoms with Gasteiger partial charge in [0.25, 0.3) is 0 Å². The summed E-state index contributed by atoms with van der Waals surface area (Å²) in [5.41, 5.74) is -0.360. The van der Waals surface area contributed by atoms with Crippen LogP contribution in [-0.2, 0) is 17.9 Å². The van der Waals surface area contributed by atoms with Crippen molar-refractivity contribution in [3.8, 4) is 5.88 Å². The van der Waals surface area contributed by atoms with Crippen molar-refractivity contribution in [1.82, 2.24) is 9.55 Å². The van der Waals surface area contributed by atoms with E-state index in [1.807, 2.05) is 0 Å². The predicted molar refractivity (Wildman–Crippen MR) is 81.1 cm³/mol. The van der Waals surface area contributed by atoms with E-state index in [1.165, 1.54) is 0 Å². The zero-order valence-corrected chi connectivity index (χ0v) is 13.0. The fraction of sp³-hybridized carbons (Fsp3) is 0.375. The molecule has 1 unspecified atom stereocenters. The van der Waals surface area contributed by atoms with E-state index >= 15 is 0 Å². The number of hydrogen-bond acceptors (Lipinski definition) is 5. The molecule has 25 heavy (non-hydrogen) atoms. The molecule has 2 aliphatic heterocycles. The van der Waals surface area contributed by atoms with Crippen molar-refractivity contribution in [1.29, 1.82) is 0 Å². The van der Waals surface area contributed by atoms with Gasteiger partial charge in [-0.05, 0) is 17.7 Å². The number of hydrogen-bond donors (Lipinski definition) is 0. The molecule has 0 N–H and O–H groups in total. The quantitative estimate of drug-likeness (QED) is 0.782. The van der Waals surface area contributed by atoms with Gasteiger partial charge in [-0.2, -0.15) is 4.98 Å². The van der Waals surface area contributed by atoms with E-state index in [0.29, 0.717) is 32.1 Å². The summed E-state index contributed by atoms with van der Waals surface area (Å²) >= 11 is 0. The Morgan fingerprint density at radius 2 is 2.00 bits per heavy atom. The smallest absolute Gasteiger partial charge is 0.352 e. The van der Waals surface area contributed by atoms with E-state index in [-0.39, 0.29) is 24.1 Å². The minimum Gasteiger partial charge on any atom is -0.473 e. The largest absolute Gasteiger partial charge is 0.473 e. The Hall–Kier alpha value is -2.55. The second kappa shape index (κ2) is 6.07. The van der Waals surface area contributed by atoms with E-state index in [2.05, 4.69) is 9.88 Å². The minimum atomic E-state index is -1.53. The van der Waals surface area contributed by atoms with E-state index < -0.39 is 23.1 Å². The lowest BCUT2D eigenvalue weighted by atomic mass is 10.2. The number of fused-ring (bicyclic) bond motifs is 3. The van der Waals surface area contributed by atoms with Crippen LogP contribution in [0.3, 0.4) is 0 Å². The Bertz CT molecular complexity index is 864. The average molecular weight is 353 g/mol. The van der Waals surface area contributed by atoms with Crippen LogP contribution in [0, 0.1) is 17.5 Å². The van der Waals surface area contributed by atoms with Gasteiger partial charge in [0, 0.05) is 12.6 Å². The molecule has 132 valence electrons. The Morgan fingerprint density at radius 3 is 2.76 bits per heavy atom. The van der Waals surface area contributed by atoms with Gasteiger partial charge in [-0.25, -0.2) is 18.0 Å². The summed E-state index contributed by atoms with van der Waals surface area (Å²) in [7, 11) is 0. The van der Waals surface area contributed by atoms with Crippen molar-refractivity contribution in [2.75, 3.05) is 24.7 Å². The Balaban J connectivity index is 1.57. The standard InChI is InChI=1S/C16H14F3N3O3/c17-11-3-9(4-12(18)15(11)19)7-25-13-5-14-21-1-2-24-8-10(21)6-22(14)16(23)20-13/h3-5,10H,1-2,6-8H2. The lowest BCUT2D eigenvalue weighted by Gasteiger charge is -2.30. The van der Waals surface area contributed by atoms with Crippen LogP contribution in [0.2, 0.25) is 0 Å². The van der Waals surface area contributed by atoms with Crippen molar-refractivity contribution < 1.29 is 22.6 Å². The molecule has 1 saturated heterocycles. The van der Waals surface area contributed by atoms with Crippen LogP contribution < -0.4 is 15.3 Å². The molecule has 9 heteroatoms. The SMILES string of the molecule is O=c1nc(OCc2cc(F)c(F)c(F)c2)cc2n1CC1COCCN21. The van der Waals surface area contributed by atoms with E-state index in [9.17, 15) is 18.0 Å². The summed E-state index contributed by atoms with van der Waals surface area (Å²) in [6, 6.07) is 3.38. The number of ether oxygens (including phenoxy) is 2. The minimum absolute atomic E-state index is 0.0496. The highest BCUT2D eigenvalue weighted by Gasteiger charge is 2.33. The third kappa shape index (κ3) is 2.84. The zero-order chi connectivity index (χ0) is 17.6. The molecule has 0 saturated carbocycles. The molecule has 2 aromatic rings. The van der Waals surface area contributed by atoms with Crippen LogP contribution >= 0.6 is 0 Å². The Kier molecular flexibility index (Phi) is 3.87. The number of morpholine rings is 1. The monoisotopic (exact) mass is 353 g/mol. The van der Waals surface area contributed by atoms with Crippen molar-refractivity contribution in [2.45, 2.75) is 19.2 Å². The molecule has 4 rings (SSSR count). The fourth-order valence-electron chi connectivity index (χ4n) is 3.12. The maximum Gasteiger partial charge on any atom is 0.352 e. The molecule has 0 radical (unpaired) electrons. The molecule has 1 aromatic carbocycles. The van der Waals surface area contributed by atoms with Crippen molar-refractivity contribution in [2.24, 2.45) is 0 Å². The highest BCUT2D eigenvalue weighted by Crippen LogP contribution is 2.28. The van der Waals surface area contributed by atoms with Crippen LogP contribution in [0.5, 0.6) is 5.88 Å². The molecule has 1 atom stereocenters. The van der Waals surface area contributed by atoms with Gasteiger partial charge >= 0.3 is 5.69 Å². The van der Waals surface area contributed by atoms with E-state index in [1.54, 1.807) is 10.6 Å². The molecular formula is C16H14F3N3O3. The molecule has 0 aliphatic carbocycles. The van der Waals surface area contributed by atoms with Gasteiger partial charge in [0.1, 0.15) is 12.4 Å². The summed E-state index contributed by atoms with van der Waals surface area (Å²) in [6.07, 6.45) is 0. The number of benzene rings is 1. The van der Waals surface area contributed by atoms with Gasteiger partial charge in [0.05, 0.1) is 25.8 Å². The first kappa shape index (κ1) is 15.9. The van der Waals surface area contributed by atoms with Crippen LogP contribution in [0.25, 0.3) is 0 Å². The maximum absolute atomic E-state index is 13.2. The summed E-state index contributed by atoms with van der Waals surface area (Å²) < 4.78 is 51.8. The van der Waals surface area contributed by atoms with Crippen LogP contribution in [0.4, 0.5) is 19.0 Å². The molecule has 6 nitrogen and oxygen atoms in total. The summed E-state index contributed by atoms with van der Waals surface area (Å²) in [4.78, 5) is 18.1. The molecule has 3 heterocycles. The molecule has 1 fully saturated rings. The average Bonchev–Trinajstić information content (AvgIpc) is 2.97. The maximum atomic E-state index is 13.2. The normalized spacial score (nSPS) is 18.8. The highest BCUT2D eigenvalue weighted by molar-refractivity contribution is 5.47. The molecule has 0 amide bonds. The number of rotatable bonds is 3. The highest BCUT2D eigenvalue weighted by atomic mass is 19.2. The second-order valence-electron chi connectivity index (χ2n) is 5.93. The topological polar surface area (TPSA) is 56.6 Å². The van der Waals surface area contributed by atoms with Crippen LogP contribution in [0.15, 0.2) is 23.0 Å². The summed E-state index contributed by atoms with van der Waals surface area (Å²) in [5.74, 6) is -3.39. The Morgan fingerprint density at radius 1 is 1.24 bits per heavy atom. The van der Waals surface area contributed by atoms with Crippen molar-refractivity contribution >= 4 is 5.82 Å².